The lowest BCUT2D eigenvalue weighted by atomic mass is 10.2. The topological polar surface area (TPSA) is 137 Å². The Labute approximate surface area is 132 Å². The fourth-order valence-corrected chi connectivity index (χ4v) is 1.65. The Hall–Kier alpha value is -3.18. The van der Waals surface area contributed by atoms with Gasteiger partial charge in [-0.25, -0.2) is 4.79 Å². The van der Waals surface area contributed by atoms with Gasteiger partial charge < -0.3 is 21.1 Å². The van der Waals surface area contributed by atoms with Gasteiger partial charge in [-0.15, -0.1) is 0 Å². The summed E-state index contributed by atoms with van der Waals surface area (Å²) in [5, 5.41) is 20.4. The van der Waals surface area contributed by atoms with Crippen LogP contribution in [0.3, 0.4) is 0 Å². The van der Waals surface area contributed by atoms with Crippen LogP contribution >= 0.6 is 0 Å². The van der Waals surface area contributed by atoms with Gasteiger partial charge in [0.1, 0.15) is 11.6 Å². The van der Waals surface area contributed by atoms with Crippen LogP contribution in [0, 0.1) is 11.3 Å². The third kappa shape index (κ3) is 5.61. The van der Waals surface area contributed by atoms with Crippen molar-refractivity contribution in [3.63, 3.8) is 0 Å². The first-order chi connectivity index (χ1) is 11.0. The number of aromatic carboxylic acids is 1. The van der Waals surface area contributed by atoms with Crippen LogP contribution < -0.4 is 11.1 Å². The van der Waals surface area contributed by atoms with E-state index < -0.39 is 11.9 Å². The lowest BCUT2D eigenvalue weighted by Crippen LogP contribution is -2.22. The van der Waals surface area contributed by atoms with E-state index in [1.54, 1.807) is 6.07 Å². The quantitative estimate of drug-likeness (QED) is 0.363. The molecule has 0 saturated heterocycles. The highest BCUT2D eigenvalue weighted by atomic mass is 16.4. The van der Waals surface area contributed by atoms with Gasteiger partial charge in [-0.05, 0) is 31.2 Å². The molecule has 8 heteroatoms. The minimum absolute atomic E-state index is 0.00255. The number of anilines is 1. The molecule has 0 aliphatic heterocycles. The Balaban J connectivity index is 2.88. The molecule has 0 aliphatic carbocycles. The molecular formula is C15H16N4O4. The molecule has 0 fully saturated rings. The normalized spacial score (nSPS) is 10.5. The predicted octanol–water partition coefficient (Wildman–Crippen LogP) is 0.538. The van der Waals surface area contributed by atoms with Crippen molar-refractivity contribution in [2.75, 3.05) is 18.4 Å². The monoisotopic (exact) mass is 316 g/mol. The highest BCUT2D eigenvalue weighted by molar-refractivity contribution is 6.07. The van der Waals surface area contributed by atoms with Gasteiger partial charge in [0, 0.05) is 18.4 Å². The Bertz CT molecular complexity index is 664. The first-order valence-corrected chi connectivity index (χ1v) is 6.69. The maximum Gasteiger partial charge on any atom is 0.335 e. The van der Waals surface area contributed by atoms with E-state index in [1.165, 1.54) is 24.3 Å². The van der Waals surface area contributed by atoms with Crippen LogP contribution in [-0.2, 0) is 9.59 Å². The van der Waals surface area contributed by atoms with Crippen LogP contribution in [0.5, 0.6) is 0 Å². The molecule has 120 valence electrons. The number of hydrogen-bond donors (Lipinski definition) is 3. The Morgan fingerprint density at radius 2 is 2.17 bits per heavy atom. The molecule has 0 unspecified atom stereocenters. The summed E-state index contributed by atoms with van der Waals surface area (Å²) in [6.45, 7) is 0.654. The number of nitrogens with zero attached hydrogens (tertiary/aromatic N) is 2. The minimum atomic E-state index is -1.13. The van der Waals surface area contributed by atoms with Gasteiger partial charge in [-0.2, -0.15) is 5.26 Å². The number of nitriles is 1. The molecule has 8 nitrogen and oxygen atoms in total. The van der Waals surface area contributed by atoms with Crippen molar-refractivity contribution >= 4 is 24.0 Å². The van der Waals surface area contributed by atoms with Crippen molar-refractivity contribution in [3.8, 4) is 6.07 Å². The lowest BCUT2D eigenvalue weighted by Gasteiger charge is -2.12. The molecule has 0 spiro atoms. The number of hydrogen-bond acceptors (Lipinski definition) is 5. The molecule has 23 heavy (non-hydrogen) atoms. The highest BCUT2D eigenvalue weighted by Crippen LogP contribution is 2.12. The van der Waals surface area contributed by atoms with Crippen molar-refractivity contribution in [1.29, 1.82) is 5.26 Å². The number of carbonyl (C=O) groups is 3. The number of nitrogens with one attached hydrogen (secondary N) is 1. The van der Waals surface area contributed by atoms with E-state index in [4.69, 9.17) is 16.1 Å². The number of carboxylic acids is 1. The van der Waals surface area contributed by atoms with E-state index in [0.717, 1.165) is 11.1 Å². The molecule has 0 bridgehead atoms. The molecule has 0 saturated carbocycles. The molecular weight excluding hydrogens is 300 g/mol. The number of rotatable bonds is 8. The summed E-state index contributed by atoms with van der Waals surface area (Å²) in [4.78, 5) is 35.0. The number of amides is 2. The van der Waals surface area contributed by atoms with Crippen molar-refractivity contribution in [3.05, 3.63) is 41.6 Å². The molecule has 0 aliphatic rings. The SMILES string of the molecule is N#C/C(=C/N(C=O)CCCN)C(=O)Nc1cccc(C(=O)O)c1. The Kier molecular flexibility index (Phi) is 6.97. The van der Waals surface area contributed by atoms with Gasteiger partial charge in [0.2, 0.25) is 6.41 Å². The van der Waals surface area contributed by atoms with E-state index in [9.17, 15) is 14.4 Å². The van der Waals surface area contributed by atoms with Crippen LogP contribution in [-0.4, -0.2) is 41.4 Å². The Morgan fingerprint density at radius 3 is 2.74 bits per heavy atom. The summed E-state index contributed by atoms with van der Waals surface area (Å²) >= 11 is 0. The van der Waals surface area contributed by atoms with E-state index in [1.807, 2.05) is 0 Å². The third-order valence-corrected chi connectivity index (χ3v) is 2.78. The van der Waals surface area contributed by atoms with Crippen LogP contribution in [0.2, 0.25) is 0 Å². The molecule has 4 N–H and O–H groups in total. The summed E-state index contributed by atoms with van der Waals surface area (Å²) in [5.74, 6) is -1.87. The van der Waals surface area contributed by atoms with E-state index in [2.05, 4.69) is 5.32 Å². The van der Waals surface area contributed by atoms with Crippen molar-refractivity contribution in [1.82, 2.24) is 4.90 Å². The summed E-state index contributed by atoms with van der Waals surface area (Å²) in [6, 6.07) is 7.30. The fourth-order valence-electron chi connectivity index (χ4n) is 1.65. The second-order valence-corrected chi connectivity index (χ2v) is 4.48. The second-order valence-electron chi connectivity index (χ2n) is 4.48. The van der Waals surface area contributed by atoms with E-state index in [-0.39, 0.29) is 23.4 Å². The number of carboxylic acid groups (broad SMARTS) is 1. The lowest BCUT2D eigenvalue weighted by molar-refractivity contribution is -0.116. The number of carbonyl (C=O) groups excluding carboxylic acids is 2. The summed E-state index contributed by atoms with van der Waals surface area (Å²) in [6.07, 6.45) is 2.14. The second kappa shape index (κ2) is 8.96. The first-order valence-electron chi connectivity index (χ1n) is 6.69. The number of benzene rings is 1. The maximum absolute atomic E-state index is 12.0. The zero-order chi connectivity index (χ0) is 17.2. The minimum Gasteiger partial charge on any atom is -0.478 e. The van der Waals surface area contributed by atoms with Gasteiger partial charge in [-0.1, -0.05) is 6.07 Å². The smallest absolute Gasteiger partial charge is 0.335 e. The predicted molar refractivity (Wildman–Crippen MR) is 82.2 cm³/mol. The molecule has 1 rings (SSSR count). The molecule has 0 heterocycles. The van der Waals surface area contributed by atoms with Crippen LogP contribution in [0.4, 0.5) is 5.69 Å². The van der Waals surface area contributed by atoms with Gasteiger partial charge >= 0.3 is 5.97 Å². The zero-order valence-electron chi connectivity index (χ0n) is 12.2. The van der Waals surface area contributed by atoms with Crippen LogP contribution in [0.25, 0.3) is 0 Å². The van der Waals surface area contributed by atoms with E-state index >= 15 is 0 Å². The van der Waals surface area contributed by atoms with Crippen molar-refractivity contribution in [2.45, 2.75) is 6.42 Å². The average Bonchev–Trinajstić information content (AvgIpc) is 2.55. The molecule has 2 amide bonds. The molecule has 0 aromatic heterocycles. The summed E-state index contributed by atoms with van der Waals surface area (Å²) in [7, 11) is 0. The van der Waals surface area contributed by atoms with Gasteiger partial charge in [0.25, 0.3) is 5.91 Å². The summed E-state index contributed by atoms with van der Waals surface area (Å²) < 4.78 is 0. The summed E-state index contributed by atoms with van der Waals surface area (Å²) in [5.41, 5.74) is 5.29. The fraction of sp³-hybridized carbons (Fsp3) is 0.200. The zero-order valence-corrected chi connectivity index (χ0v) is 12.2. The maximum atomic E-state index is 12.0. The average molecular weight is 316 g/mol. The van der Waals surface area contributed by atoms with Crippen molar-refractivity contribution in [2.24, 2.45) is 5.73 Å². The van der Waals surface area contributed by atoms with E-state index in [0.29, 0.717) is 19.4 Å². The van der Waals surface area contributed by atoms with Crippen molar-refractivity contribution < 1.29 is 19.5 Å². The molecule has 0 radical (unpaired) electrons. The third-order valence-electron chi connectivity index (χ3n) is 2.78. The molecule has 1 aromatic rings. The van der Waals surface area contributed by atoms with Gasteiger partial charge in [-0.3, -0.25) is 9.59 Å². The largest absolute Gasteiger partial charge is 0.478 e. The first kappa shape index (κ1) is 17.9. The molecule has 0 atom stereocenters. The van der Waals surface area contributed by atoms with Gasteiger partial charge in [0.05, 0.1) is 5.56 Å². The highest BCUT2D eigenvalue weighted by Gasteiger charge is 2.12. The van der Waals surface area contributed by atoms with Crippen LogP contribution in [0.1, 0.15) is 16.8 Å². The number of nitrogens with two attached hydrogens (primary N) is 1. The van der Waals surface area contributed by atoms with Crippen LogP contribution in [0.15, 0.2) is 36.0 Å². The standard InChI is InChI=1S/C15H16N4O4/c16-5-2-6-19(10-20)9-12(8-17)14(21)18-13-4-1-3-11(7-13)15(22)23/h1,3-4,7,9-10H,2,5-6,16H2,(H,18,21)(H,22,23)/b12-9-. The molecule has 1 aromatic carbocycles. The van der Waals surface area contributed by atoms with Gasteiger partial charge in [0.15, 0.2) is 0 Å². The Morgan fingerprint density at radius 1 is 1.43 bits per heavy atom.